The molecule has 0 radical (unpaired) electrons. The fourth-order valence-electron chi connectivity index (χ4n) is 2.56. The average Bonchev–Trinajstić information content (AvgIpc) is 2.83. The Morgan fingerprint density at radius 3 is 2.78 bits per heavy atom. The van der Waals surface area contributed by atoms with E-state index in [4.69, 9.17) is 0 Å². The number of nitrogens with zero attached hydrogens (tertiary/aromatic N) is 1. The summed E-state index contributed by atoms with van der Waals surface area (Å²) in [5.74, 6) is 0.390. The third-order valence-corrected chi connectivity index (χ3v) is 3.61. The molecule has 0 aromatic heterocycles. The summed E-state index contributed by atoms with van der Waals surface area (Å²) in [7, 11) is 0. The molecule has 1 atom stereocenters. The molecule has 0 aliphatic carbocycles. The van der Waals surface area contributed by atoms with Crippen LogP contribution in [0.3, 0.4) is 0 Å². The van der Waals surface area contributed by atoms with Gasteiger partial charge < -0.3 is 15.3 Å². The number of nitrogens with one attached hydrogen (secondary N) is 1. The minimum absolute atomic E-state index is 0.390. The van der Waals surface area contributed by atoms with Gasteiger partial charge in [-0.25, -0.2) is 0 Å². The van der Waals surface area contributed by atoms with Crippen molar-refractivity contribution in [2.45, 2.75) is 39.3 Å². The molecule has 0 spiro atoms. The molecule has 100 valence electrons. The van der Waals surface area contributed by atoms with Crippen LogP contribution >= 0.6 is 0 Å². The smallest absolute Gasteiger partial charge is 0.120 e. The molecule has 2 rings (SSSR count). The van der Waals surface area contributed by atoms with Crippen molar-refractivity contribution in [3.05, 3.63) is 29.3 Å². The predicted molar refractivity (Wildman–Crippen MR) is 74.8 cm³/mol. The number of hydrogen-bond donors (Lipinski definition) is 2. The summed E-state index contributed by atoms with van der Waals surface area (Å²) in [5.41, 5.74) is 2.18. The van der Waals surface area contributed by atoms with E-state index in [0.29, 0.717) is 11.8 Å². The highest BCUT2D eigenvalue weighted by Gasteiger charge is 2.14. The third kappa shape index (κ3) is 3.72. The van der Waals surface area contributed by atoms with Crippen molar-refractivity contribution in [2.24, 2.45) is 0 Å². The van der Waals surface area contributed by atoms with Gasteiger partial charge in [0.15, 0.2) is 0 Å². The second kappa shape index (κ2) is 6.21. The summed E-state index contributed by atoms with van der Waals surface area (Å²) in [6.07, 6.45) is 2.68. The van der Waals surface area contributed by atoms with Gasteiger partial charge in [0, 0.05) is 24.7 Å². The molecule has 1 aromatic carbocycles. The van der Waals surface area contributed by atoms with Gasteiger partial charge >= 0.3 is 0 Å². The number of phenols is 1. The van der Waals surface area contributed by atoms with E-state index in [-0.39, 0.29) is 0 Å². The maximum atomic E-state index is 9.78. The van der Waals surface area contributed by atoms with Crippen LogP contribution in [0.15, 0.2) is 18.2 Å². The lowest BCUT2D eigenvalue weighted by molar-refractivity contribution is 0.297. The van der Waals surface area contributed by atoms with Crippen LogP contribution in [-0.2, 0) is 6.54 Å². The van der Waals surface area contributed by atoms with E-state index in [1.54, 1.807) is 6.07 Å². The van der Waals surface area contributed by atoms with E-state index < -0.39 is 0 Å². The van der Waals surface area contributed by atoms with Crippen LogP contribution in [0.1, 0.15) is 30.9 Å². The summed E-state index contributed by atoms with van der Waals surface area (Å²) >= 11 is 0. The molecular formula is C15H24N2O. The van der Waals surface area contributed by atoms with Gasteiger partial charge in [0.25, 0.3) is 0 Å². The van der Waals surface area contributed by atoms with Crippen LogP contribution in [0, 0.1) is 6.92 Å². The molecule has 0 saturated carbocycles. The summed E-state index contributed by atoms with van der Waals surface area (Å²) in [4.78, 5) is 2.51. The van der Waals surface area contributed by atoms with Crippen molar-refractivity contribution in [3.8, 4) is 5.75 Å². The van der Waals surface area contributed by atoms with Crippen LogP contribution in [0.4, 0.5) is 0 Å². The maximum absolute atomic E-state index is 9.78. The molecular weight excluding hydrogens is 224 g/mol. The zero-order valence-corrected chi connectivity index (χ0v) is 11.4. The van der Waals surface area contributed by atoms with Gasteiger partial charge in [-0.15, -0.1) is 0 Å². The number of rotatable bonds is 5. The first-order valence-electron chi connectivity index (χ1n) is 6.89. The average molecular weight is 248 g/mol. The second-order valence-electron chi connectivity index (χ2n) is 5.42. The standard InChI is InChI=1S/C15H24N2O/c1-12-5-6-15(18)14(9-12)10-16-13(2)11-17-7-3-4-8-17/h5-6,9,13,16,18H,3-4,7-8,10-11H2,1-2H3. The molecule has 1 saturated heterocycles. The Bertz CT molecular complexity index is 386. The molecule has 3 heteroatoms. The molecule has 3 nitrogen and oxygen atoms in total. The molecule has 1 aliphatic heterocycles. The van der Waals surface area contributed by atoms with Gasteiger partial charge in [-0.05, 0) is 45.8 Å². The number of aromatic hydroxyl groups is 1. The number of hydrogen-bond acceptors (Lipinski definition) is 3. The molecule has 18 heavy (non-hydrogen) atoms. The molecule has 0 amide bonds. The zero-order chi connectivity index (χ0) is 13.0. The Hall–Kier alpha value is -1.06. The van der Waals surface area contributed by atoms with Crippen molar-refractivity contribution in [2.75, 3.05) is 19.6 Å². The first-order chi connectivity index (χ1) is 8.65. The quantitative estimate of drug-likeness (QED) is 0.839. The Kier molecular flexibility index (Phi) is 4.61. The fraction of sp³-hybridized carbons (Fsp3) is 0.600. The van der Waals surface area contributed by atoms with E-state index in [1.165, 1.54) is 31.5 Å². The molecule has 2 N–H and O–H groups in total. The summed E-state index contributed by atoms with van der Waals surface area (Å²) < 4.78 is 0. The zero-order valence-electron chi connectivity index (χ0n) is 11.4. The summed E-state index contributed by atoms with van der Waals surface area (Å²) in [5, 5.41) is 13.3. The minimum atomic E-state index is 0.390. The Morgan fingerprint density at radius 2 is 2.06 bits per heavy atom. The van der Waals surface area contributed by atoms with E-state index in [9.17, 15) is 5.11 Å². The Morgan fingerprint density at radius 1 is 1.33 bits per heavy atom. The highest BCUT2D eigenvalue weighted by Crippen LogP contribution is 2.18. The van der Waals surface area contributed by atoms with Crippen molar-refractivity contribution < 1.29 is 5.11 Å². The number of aryl methyl sites for hydroxylation is 1. The predicted octanol–water partition coefficient (Wildman–Crippen LogP) is 2.27. The molecule has 0 bridgehead atoms. The van der Waals surface area contributed by atoms with E-state index in [0.717, 1.165) is 18.7 Å². The van der Waals surface area contributed by atoms with Gasteiger partial charge in [-0.3, -0.25) is 0 Å². The normalized spacial score (nSPS) is 18.1. The van der Waals surface area contributed by atoms with Gasteiger partial charge in [0.2, 0.25) is 0 Å². The lowest BCUT2D eigenvalue weighted by Crippen LogP contribution is -2.37. The Labute approximate surface area is 110 Å². The lowest BCUT2D eigenvalue weighted by atomic mass is 10.1. The summed E-state index contributed by atoms with van der Waals surface area (Å²) in [6, 6.07) is 6.22. The van der Waals surface area contributed by atoms with Crippen molar-refractivity contribution in [1.82, 2.24) is 10.2 Å². The topological polar surface area (TPSA) is 35.5 Å². The highest BCUT2D eigenvalue weighted by atomic mass is 16.3. The number of phenolic OH excluding ortho intramolecular Hbond substituents is 1. The van der Waals surface area contributed by atoms with Gasteiger partial charge in [-0.2, -0.15) is 0 Å². The fourth-order valence-corrected chi connectivity index (χ4v) is 2.56. The number of likely N-dealkylation sites (tertiary alicyclic amines) is 1. The van der Waals surface area contributed by atoms with Gasteiger partial charge in [0.1, 0.15) is 5.75 Å². The molecule has 1 heterocycles. The molecule has 1 fully saturated rings. The van der Waals surface area contributed by atoms with Crippen LogP contribution < -0.4 is 5.32 Å². The second-order valence-corrected chi connectivity index (χ2v) is 5.42. The number of benzene rings is 1. The van der Waals surface area contributed by atoms with Crippen molar-refractivity contribution in [1.29, 1.82) is 0 Å². The SMILES string of the molecule is Cc1ccc(O)c(CNC(C)CN2CCCC2)c1. The molecule has 1 aliphatic rings. The Balaban J connectivity index is 1.81. The molecule has 1 unspecified atom stereocenters. The summed E-state index contributed by atoms with van der Waals surface area (Å²) in [6.45, 7) is 8.58. The monoisotopic (exact) mass is 248 g/mol. The van der Waals surface area contributed by atoms with Crippen molar-refractivity contribution in [3.63, 3.8) is 0 Å². The van der Waals surface area contributed by atoms with Crippen LogP contribution in [0.5, 0.6) is 5.75 Å². The third-order valence-electron chi connectivity index (χ3n) is 3.61. The minimum Gasteiger partial charge on any atom is -0.508 e. The van der Waals surface area contributed by atoms with E-state index >= 15 is 0 Å². The lowest BCUT2D eigenvalue weighted by Gasteiger charge is -2.21. The van der Waals surface area contributed by atoms with Crippen LogP contribution in [0.2, 0.25) is 0 Å². The van der Waals surface area contributed by atoms with Gasteiger partial charge in [0.05, 0.1) is 0 Å². The van der Waals surface area contributed by atoms with Crippen LogP contribution in [-0.4, -0.2) is 35.7 Å². The first kappa shape index (κ1) is 13.4. The first-order valence-corrected chi connectivity index (χ1v) is 6.89. The molecule has 1 aromatic rings. The van der Waals surface area contributed by atoms with E-state index in [2.05, 4.69) is 24.1 Å². The van der Waals surface area contributed by atoms with Crippen molar-refractivity contribution >= 4 is 0 Å². The largest absolute Gasteiger partial charge is 0.508 e. The highest BCUT2D eigenvalue weighted by molar-refractivity contribution is 5.35. The maximum Gasteiger partial charge on any atom is 0.120 e. The van der Waals surface area contributed by atoms with Crippen LogP contribution in [0.25, 0.3) is 0 Å². The van der Waals surface area contributed by atoms with Gasteiger partial charge in [-0.1, -0.05) is 17.7 Å². The van der Waals surface area contributed by atoms with E-state index in [1.807, 2.05) is 12.1 Å².